The standard InChI is InChI=1S/C15H19ClN2O/c1-19-13-7-6-12-14(15(13)16)10(9-18-12)4-5-11-3-2-8-17-11/h6-7,9,11,17-18H,2-5,8H2,1H3. The summed E-state index contributed by atoms with van der Waals surface area (Å²) < 4.78 is 5.30. The van der Waals surface area contributed by atoms with Crippen molar-refractivity contribution in [2.75, 3.05) is 13.7 Å². The predicted octanol–water partition coefficient (Wildman–Crippen LogP) is 3.51. The lowest BCUT2D eigenvalue weighted by Crippen LogP contribution is -2.21. The van der Waals surface area contributed by atoms with Crippen LogP contribution in [0.1, 0.15) is 24.8 Å². The molecule has 0 bridgehead atoms. The van der Waals surface area contributed by atoms with Gasteiger partial charge in [-0.1, -0.05) is 11.6 Å². The van der Waals surface area contributed by atoms with E-state index in [2.05, 4.69) is 16.5 Å². The van der Waals surface area contributed by atoms with Crippen molar-refractivity contribution >= 4 is 22.5 Å². The molecule has 1 aliphatic rings. The minimum Gasteiger partial charge on any atom is -0.495 e. The van der Waals surface area contributed by atoms with Gasteiger partial charge in [-0.2, -0.15) is 0 Å². The van der Waals surface area contributed by atoms with Gasteiger partial charge in [0.15, 0.2) is 0 Å². The van der Waals surface area contributed by atoms with E-state index in [1.54, 1.807) is 7.11 Å². The molecule has 102 valence electrons. The Bertz CT molecular complexity index is 573. The third-order valence-corrected chi connectivity index (χ3v) is 4.35. The number of hydrogen-bond donors (Lipinski definition) is 2. The molecule has 19 heavy (non-hydrogen) atoms. The lowest BCUT2D eigenvalue weighted by molar-refractivity contribution is 0.415. The normalized spacial score (nSPS) is 19.2. The molecule has 3 rings (SSSR count). The molecule has 0 spiro atoms. The molecule has 2 aromatic rings. The summed E-state index contributed by atoms with van der Waals surface area (Å²) in [4.78, 5) is 3.30. The van der Waals surface area contributed by atoms with Crippen LogP contribution in [0.2, 0.25) is 5.02 Å². The number of ether oxygens (including phenoxy) is 1. The van der Waals surface area contributed by atoms with Crippen LogP contribution in [0, 0.1) is 0 Å². The smallest absolute Gasteiger partial charge is 0.138 e. The van der Waals surface area contributed by atoms with Gasteiger partial charge in [0.2, 0.25) is 0 Å². The van der Waals surface area contributed by atoms with Gasteiger partial charge >= 0.3 is 0 Å². The van der Waals surface area contributed by atoms with E-state index in [0.717, 1.165) is 34.6 Å². The molecule has 0 radical (unpaired) electrons. The fraction of sp³-hybridized carbons (Fsp3) is 0.467. The molecule has 0 amide bonds. The molecule has 1 aromatic carbocycles. The molecule has 2 N–H and O–H groups in total. The Hall–Kier alpha value is -1.19. The third-order valence-electron chi connectivity index (χ3n) is 3.97. The molecular weight excluding hydrogens is 260 g/mol. The highest BCUT2D eigenvalue weighted by atomic mass is 35.5. The number of aromatic amines is 1. The Labute approximate surface area is 118 Å². The number of aromatic nitrogens is 1. The van der Waals surface area contributed by atoms with Crippen LogP contribution in [0.3, 0.4) is 0 Å². The first-order chi connectivity index (χ1) is 9.29. The second kappa shape index (κ2) is 5.43. The minimum absolute atomic E-state index is 0.661. The Morgan fingerprint density at radius 2 is 2.32 bits per heavy atom. The van der Waals surface area contributed by atoms with Gasteiger partial charge in [-0.05, 0) is 49.9 Å². The fourth-order valence-electron chi connectivity index (χ4n) is 2.92. The fourth-order valence-corrected chi connectivity index (χ4v) is 3.28. The topological polar surface area (TPSA) is 37.0 Å². The van der Waals surface area contributed by atoms with E-state index in [1.807, 2.05) is 12.1 Å². The number of hydrogen-bond acceptors (Lipinski definition) is 2. The average molecular weight is 279 g/mol. The van der Waals surface area contributed by atoms with Crippen LogP contribution < -0.4 is 10.1 Å². The monoisotopic (exact) mass is 278 g/mol. The second-order valence-electron chi connectivity index (χ2n) is 5.15. The van der Waals surface area contributed by atoms with Crippen molar-refractivity contribution in [3.8, 4) is 5.75 Å². The van der Waals surface area contributed by atoms with Crippen molar-refractivity contribution in [2.45, 2.75) is 31.7 Å². The van der Waals surface area contributed by atoms with E-state index in [0.29, 0.717) is 6.04 Å². The third kappa shape index (κ3) is 2.45. The van der Waals surface area contributed by atoms with Crippen molar-refractivity contribution in [2.24, 2.45) is 0 Å². The van der Waals surface area contributed by atoms with E-state index < -0.39 is 0 Å². The number of fused-ring (bicyclic) bond motifs is 1. The number of H-pyrrole nitrogens is 1. The van der Waals surface area contributed by atoms with Gasteiger partial charge in [0, 0.05) is 23.1 Å². The van der Waals surface area contributed by atoms with Crippen LogP contribution in [0.25, 0.3) is 10.9 Å². The Morgan fingerprint density at radius 3 is 3.05 bits per heavy atom. The van der Waals surface area contributed by atoms with Gasteiger partial charge in [-0.25, -0.2) is 0 Å². The molecule has 1 unspecified atom stereocenters. The predicted molar refractivity (Wildman–Crippen MR) is 79.2 cm³/mol. The van der Waals surface area contributed by atoms with Crippen LogP contribution in [-0.4, -0.2) is 24.7 Å². The van der Waals surface area contributed by atoms with Gasteiger partial charge in [0.1, 0.15) is 5.75 Å². The first-order valence-corrected chi connectivity index (χ1v) is 7.23. The zero-order valence-corrected chi connectivity index (χ0v) is 11.9. The molecule has 3 nitrogen and oxygen atoms in total. The van der Waals surface area contributed by atoms with Crippen LogP contribution in [-0.2, 0) is 6.42 Å². The molecule has 1 aliphatic heterocycles. The molecule has 1 atom stereocenters. The highest BCUT2D eigenvalue weighted by Gasteiger charge is 2.16. The summed E-state index contributed by atoms with van der Waals surface area (Å²) in [5, 5.41) is 5.36. The summed E-state index contributed by atoms with van der Waals surface area (Å²) in [5.74, 6) is 0.744. The summed E-state index contributed by atoms with van der Waals surface area (Å²) in [7, 11) is 1.65. The van der Waals surface area contributed by atoms with Gasteiger partial charge in [-0.3, -0.25) is 0 Å². The van der Waals surface area contributed by atoms with E-state index in [9.17, 15) is 0 Å². The Kier molecular flexibility index (Phi) is 3.67. The van der Waals surface area contributed by atoms with Gasteiger partial charge in [0.05, 0.1) is 12.1 Å². The molecule has 1 aromatic heterocycles. The summed E-state index contributed by atoms with van der Waals surface area (Å²) in [5.41, 5.74) is 2.37. The summed E-state index contributed by atoms with van der Waals surface area (Å²) in [6, 6.07) is 4.59. The van der Waals surface area contributed by atoms with Gasteiger partial charge in [0.25, 0.3) is 0 Å². The highest BCUT2D eigenvalue weighted by molar-refractivity contribution is 6.37. The Balaban J connectivity index is 1.86. The summed E-state index contributed by atoms with van der Waals surface area (Å²) in [6.45, 7) is 1.16. The van der Waals surface area contributed by atoms with E-state index >= 15 is 0 Å². The zero-order chi connectivity index (χ0) is 13.2. The van der Waals surface area contributed by atoms with E-state index in [-0.39, 0.29) is 0 Å². The molecule has 1 fully saturated rings. The maximum absolute atomic E-state index is 6.42. The molecular formula is C15H19ClN2O. The Morgan fingerprint density at radius 1 is 1.42 bits per heavy atom. The lowest BCUT2D eigenvalue weighted by atomic mass is 10.0. The van der Waals surface area contributed by atoms with Crippen LogP contribution >= 0.6 is 11.6 Å². The molecule has 1 saturated heterocycles. The quantitative estimate of drug-likeness (QED) is 0.898. The van der Waals surface area contributed by atoms with Crippen molar-refractivity contribution in [3.05, 3.63) is 28.9 Å². The maximum atomic E-state index is 6.42. The summed E-state index contributed by atoms with van der Waals surface area (Å²) in [6.07, 6.45) is 6.88. The molecule has 0 aliphatic carbocycles. The number of nitrogens with one attached hydrogen (secondary N) is 2. The average Bonchev–Trinajstić information content (AvgIpc) is 3.06. The molecule has 2 heterocycles. The van der Waals surface area contributed by atoms with E-state index in [1.165, 1.54) is 24.8 Å². The van der Waals surface area contributed by atoms with Gasteiger partial charge in [-0.15, -0.1) is 0 Å². The van der Waals surface area contributed by atoms with Crippen molar-refractivity contribution in [1.82, 2.24) is 10.3 Å². The number of halogens is 1. The van der Waals surface area contributed by atoms with Crippen LogP contribution in [0.15, 0.2) is 18.3 Å². The zero-order valence-electron chi connectivity index (χ0n) is 11.1. The number of benzene rings is 1. The van der Waals surface area contributed by atoms with E-state index in [4.69, 9.17) is 16.3 Å². The number of rotatable bonds is 4. The lowest BCUT2D eigenvalue weighted by Gasteiger charge is -2.10. The first-order valence-electron chi connectivity index (χ1n) is 6.85. The first kappa shape index (κ1) is 12.8. The van der Waals surface area contributed by atoms with Gasteiger partial charge < -0.3 is 15.0 Å². The SMILES string of the molecule is COc1ccc2[nH]cc(CCC3CCCN3)c2c1Cl. The van der Waals surface area contributed by atoms with Crippen LogP contribution in [0.4, 0.5) is 0 Å². The number of methoxy groups -OCH3 is 1. The van der Waals surface area contributed by atoms with Crippen molar-refractivity contribution in [3.63, 3.8) is 0 Å². The maximum Gasteiger partial charge on any atom is 0.138 e. The van der Waals surface area contributed by atoms with Crippen LogP contribution in [0.5, 0.6) is 5.75 Å². The summed E-state index contributed by atoms with van der Waals surface area (Å²) >= 11 is 6.42. The van der Waals surface area contributed by atoms with Crippen molar-refractivity contribution < 1.29 is 4.74 Å². The largest absolute Gasteiger partial charge is 0.495 e. The minimum atomic E-state index is 0.661. The molecule has 4 heteroatoms. The highest BCUT2D eigenvalue weighted by Crippen LogP contribution is 2.35. The molecule has 0 saturated carbocycles. The number of aryl methyl sites for hydroxylation is 1. The second-order valence-corrected chi connectivity index (χ2v) is 5.53. The van der Waals surface area contributed by atoms with Crippen molar-refractivity contribution in [1.29, 1.82) is 0 Å².